The van der Waals surface area contributed by atoms with E-state index in [1.807, 2.05) is 26.0 Å². The van der Waals surface area contributed by atoms with Gasteiger partial charge in [0, 0.05) is 17.6 Å². The SMILES string of the molecule is CCC(C)CC1CC(c2nnc([C@H](CC(=O)Nc3ccc(C)cc3C)OCCO)n2C2CC2)C1. The Morgan fingerprint density at radius 1 is 1.26 bits per heavy atom. The van der Waals surface area contributed by atoms with E-state index < -0.39 is 6.10 Å². The summed E-state index contributed by atoms with van der Waals surface area (Å²) in [6.07, 6.45) is 6.70. The molecule has 0 spiro atoms. The summed E-state index contributed by atoms with van der Waals surface area (Å²) in [6.45, 7) is 8.69. The molecule has 2 saturated carbocycles. The van der Waals surface area contributed by atoms with Crippen LogP contribution in [-0.2, 0) is 9.53 Å². The molecule has 0 bridgehead atoms. The van der Waals surface area contributed by atoms with Gasteiger partial charge in [-0.3, -0.25) is 4.79 Å². The summed E-state index contributed by atoms with van der Waals surface area (Å²) in [5.41, 5.74) is 3.00. The first-order chi connectivity index (χ1) is 16.4. The number of nitrogens with zero attached hydrogens (tertiary/aromatic N) is 3. The summed E-state index contributed by atoms with van der Waals surface area (Å²) >= 11 is 0. The van der Waals surface area contributed by atoms with E-state index in [-0.39, 0.29) is 25.5 Å². The van der Waals surface area contributed by atoms with Crippen LogP contribution in [0.4, 0.5) is 5.69 Å². The van der Waals surface area contributed by atoms with E-state index in [2.05, 4.69) is 40.0 Å². The Morgan fingerprint density at radius 2 is 2.03 bits per heavy atom. The molecule has 1 unspecified atom stereocenters. The van der Waals surface area contributed by atoms with Crippen LogP contribution < -0.4 is 5.32 Å². The number of aliphatic hydroxyl groups excluding tert-OH is 1. The fourth-order valence-corrected chi connectivity index (χ4v) is 5.14. The number of aryl methyl sites for hydroxylation is 2. The van der Waals surface area contributed by atoms with Gasteiger partial charge in [-0.05, 0) is 69.4 Å². The maximum Gasteiger partial charge on any atom is 0.227 e. The van der Waals surface area contributed by atoms with Crippen LogP contribution in [0.1, 0.15) is 99.6 Å². The second-order valence-electron chi connectivity index (χ2n) is 10.5. The third-order valence-corrected chi connectivity index (χ3v) is 7.42. The van der Waals surface area contributed by atoms with E-state index >= 15 is 0 Å². The molecule has 0 saturated heterocycles. The van der Waals surface area contributed by atoms with Crippen LogP contribution >= 0.6 is 0 Å². The molecule has 1 aromatic carbocycles. The summed E-state index contributed by atoms with van der Waals surface area (Å²) < 4.78 is 8.21. The molecule has 7 heteroatoms. The molecule has 1 aromatic heterocycles. The zero-order valence-corrected chi connectivity index (χ0v) is 21.1. The van der Waals surface area contributed by atoms with Gasteiger partial charge in [-0.15, -0.1) is 10.2 Å². The fraction of sp³-hybridized carbons (Fsp3) is 0.667. The highest BCUT2D eigenvalue weighted by Gasteiger charge is 2.40. The van der Waals surface area contributed by atoms with Crippen molar-refractivity contribution in [2.45, 2.75) is 90.7 Å². The Morgan fingerprint density at radius 3 is 2.68 bits per heavy atom. The number of benzene rings is 1. The Bertz CT molecular complexity index is 978. The zero-order chi connectivity index (χ0) is 24.2. The summed E-state index contributed by atoms with van der Waals surface area (Å²) in [4.78, 5) is 13.0. The average molecular weight is 469 g/mol. The lowest BCUT2D eigenvalue weighted by Gasteiger charge is -2.36. The Kier molecular flexibility index (Phi) is 8.04. The van der Waals surface area contributed by atoms with E-state index in [1.54, 1.807) is 0 Å². The van der Waals surface area contributed by atoms with Gasteiger partial charge in [0.15, 0.2) is 5.82 Å². The van der Waals surface area contributed by atoms with Crippen molar-refractivity contribution in [2.24, 2.45) is 11.8 Å². The maximum atomic E-state index is 13.0. The van der Waals surface area contributed by atoms with Crippen LogP contribution in [0.5, 0.6) is 0 Å². The van der Waals surface area contributed by atoms with Gasteiger partial charge in [0.1, 0.15) is 11.9 Å². The van der Waals surface area contributed by atoms with E-state index in [0.717, 1.165) is 53.1 Å². The predicted molar refractivity (Wildman–Crippen MR) is 133 cm³/mol. The van der Waals surface area contributed by atoms with Crippen molar-refractivity contribution in [1.82, 2.24) is 14.8 Å². The number of carbonyl (C=O) groups is 1. The second kappa shape index (κ2) is 11.0. The lowest BCUT2D eigenvalue weighted by molar-refractivity contribution is -0.119. The van der Waals surface area contributed by atoms with Crippen molar-refractivity contribution in [3.8, 4) is 0 Å². The van der Waals surface area contributed by atoms with Gasteiger partial charge in [-0.2, -0.15) is 0 Å². The minimum Gasteiger partial charge on any atom is -0.394 e. The molecule has 186 valence electrons. The van der Waals surface area contributed by atoms with Crippen molar-refractivity contribution in [2.75, 3.05) is 18.5 Å². The number of nitrogens with one attached hydrogen (secondary N) is 1. The molecule has 0 aliphatic heterocycles. The monoisotopic (exact) mass is 468 g/mol. The molecule has 1 amide bonds. The van der Waals surface area contributed by atoms with Gasteiger partial charge in [-0.1, -0.05) is 38.0 Å². The first-order valence-corrected chi connectivity index (χ1v) is 12.9. The number of carbonyl (C=O) groups excluding carboxylic acids is 1. The third-order valence-electron chi connectivity index (χ3n) is 7.42. The molecule has 2 aliphatic rings. The topological polar surface area (TPSA) is 89.3 Å². The van der Waals surface area contributed by atoms with Crippen LogP contribution in [0.15, 0.2) is 18.2 Å². The molecule has 2 N–H and O–H groups in total. The Balaban J connectivity index is 1.48. The molecule has 2 aliphatic carbocycles. The average Bonchev–Trinajstić information content (AvgIpc) is 3.53. The minimum absolute atomic E-state index is 0.0977. The van der Waals surface area contributed by atoms with Gasteiger partial charge >= 0.3 is 0 Å². The number of rotatable bonds is 12. The smallest absolute Gasteiger partial charge is 0.227 e. The van der Waals surface area contributed by atoms with Gasteiger partial charge in [0.2, 0.25) is 5.91 Å². The zero-order valence-electron chi connectivity index (χ0n) is 21.1. The Hall–Kier alpha value is -2.25. The van der Waals surface area contributed by atoms with Gasteiger partial charge in [-0.25, -0.2) is 0 Å². The standard InChI is InChI=1S/C27H40N4O3/c1-5-17(2)13-20-14-21(15-20)26-29-30-27(31(26)22-7-8-22)24(34-11-10-32)16-25(33)28-23-9-6-18(3)12-19(23)4/h6,9,12,17,20-22,24,32H,5,7-8,10-11,13-16H2,1-4H3,(H,28,33)/t17?,20?,21?,24-/m0/s1. The quantitative estimate of drug-likeness (QED) is 0.445. The lowest BCUT2D eigenvalue weighted by Crippen LogP contribution is -2.27. The van der Waals surface area contributed by atoms with Crippen molar-refractivity contribution in [3.05, 3.63) is 41.0 Å². The van der Waals surface area contributed by atoms with Crippen molar-refractivity contribution >= 4 is 11.6 Å². The number of aromatic nitrogens is 3. The molecule has 2 atom stereocenters. The van der Waals surface area contributed by atoms with Crippen LogP contribution in [0, 0.1) is 25.7 Å². The largest absolute Gasteiger partial charge is 0.394 e. The van der Waals surface area contributed by atoms with E-state index in [1.165, 1.54) is 25.7 Å². The number of amides is 1. The maximum absolute atomic E-state index is 13.0. The second-order valence-corrected chi connectivity index (χ2v) is 10.5. The van der Waals surface area contributed by atoms with Crippen molar-refractivity contribution < 1.29 is 14.6 Å². The first-order valence-electron chi connectivity index (χ1n) is 12.9. The molecule has 2 fully saturated rings. The highest BCUT2D eigenvalue weighted by molar-refractivity contribution is 5.91. The van der Waals surface area contributed by atoms with Gasteiger partial charge < -0.3 is 19.7 Å². The first kappa shape index (κ1) is 24.9. The summed E-state index contributed by atoms with van der Waals surface area (Å²) in [6, 6.07) is 6.38. The highest BCUT2D eigenvalue weighted by atomic mass is 16.5. The van der Waals surface area contributed by atoms with Gasteiger partial charge in [0.25, 0.3) is 0 Å². The van der Waals surface area contributed by atoms with E-state index in [0.29, 0.717) is 12.0 Å². The molecule has 2 aromatic rings. The Labute approximate surface area is 203 Å². The number of hydrogen-bond donors (Lipinski definition) is 2. The molecule has 7 nitrogen and oxygen atoms in total. The number of anilines is 1. The summed E-state index contributed by atoms with van der Waals surface area (Å²) in [5, 5.41) is 21.6. The molecular formula is C27H40N4O3. The van der Waals surface area contributed by atoms with Crippen molar-refractivity contribution in [3.63, 3.8) is 0 Å². The van der Waals surface area contributed by atoms with Crippen molar-refractivity contribution in [1.29, 1.82) is 0 Å². The van der Waals surface area contributed by atoms with Gasteiger partial charge in [0.05, 0.1) is 19.6 Å². The minimum atomic E-state index is -0.532. The molecule has 1 heterocycles. The summed E-state index contributed by atoms with van der Waals surface area (Å²) in [5.74, 6) is 3.65. The molecular weight excluding hydrogens is 428 g/mol. The predicted octanol–water partition coefficient (Wildman–Crippen LogP) is 5.24. The molecule has 0 radical (unpaired) electrons. The number of hydrogen-bond acceptors (Lipinski definition) is 5. The third kappa shape index (κ3) is 5.87. The molecule has 34 heavy (non-hydrogen) atoms. The van der Waals surface area contributed by atoms with E-state index in [9.17, 15) is 9.90 Å². The van der Waals surface area contributed by atoms with Crippen LogP contribution in [0.2, 0.25) is 0 Å². The highest BCUT2D eigenvalue weighted by Crippen LogP contribution is 2.48. The summed E-state index contributed by atoms with van der Waals surface area (Å²) in [7, 11) is 0. The molecule has 4 rings (SSSR count). The van der Waals surface area contributed by atoms with Crippen LogP contribution in [-0.4, -0.2) is 39.0 Å². The van der Waals surface area contributed by atoms with E-state index in [4.69, 9.17) is 4.74 Å². The fourth-order valence-electron chi connectivity index (χ4n) is 5.14. The normalized spacial score (nSPS) is 21.7. The van der Waals surface area contributed by atoms with Crippen LogP contribution in [0.3, 0.4) is 0 Å². The number of ether oxygens (including phenoxy) is 1. The van der Waals surface area contributed by atoms with Crippen LogP contribution in [0.25, 0.3) is 0 Å². The number of aliphatic hydroxyl groups is 1. The lowest BCUT2D eigenvalue weighted by atomic mass is 9.70.